The van der Waals surface area contributed by atoms with Gasteiger partial charge in [0.05, 0.1) is 0 Å². The van der Waals surface area contributed by atoms with E-state index in [1.807, 2.05) is 31.2 Å². The van der Waals surface area contributed by atoms with Crippen molar-refractivity contribution in [1.29, 1.82) is 0 Å². The van der Waals surface area contributed by atoms with Gasteiger partial charge in [-0.25, -0.2) is 8.78 Å². The Labute approximate surface area is 127 Å². The van der Waals surface area contributed by atoms with Crippen molar-refractivity contribution in [3.05, 3.63) is 65.2 Å². The number of rotatable bonds is 6. The number of nitrogens with two attached hydrogens (primary N) is 1. The Balaban J connectivity index is 1.97. The minimum absolute atomic E-state index is 0.132. The fourth-order valence-corrected chi connectivity index (χ4v) is 2.91. The SMILES string of the molecule is Cc1ccc(SCC(Cc2cccc(F)c2F)NN)cc1. The van der Waals surface area contributed by atoms with Crippen molar-refractivity contribution in [2.45, 2.75) is 24.3 Å². The number of hydrogen-bond acceptors (Lipinski definition) is 3. The molecule has 0 aliphatic carbocycles. The van der Waals surface area contributed by atoms with E-state index in [2.05, 4.69) is 5.43 Å². The van der Waals surface area contributed by atoms with Crippen LogP contribution >= 0.6 is 11.8 Å². The molecule has 2 aromatic carbocycles. The predicted molar refractivity (Wildman–Crippen MR) is 83.1 cm³/mol. The van der Waals surface area contributed by atoms with E-state index in [0.29, 0.717) is 17.7 Å². The van der Waals surface area contributed by atoms with Crippen LogP contribution in [0.15, 0.2) is 47.4 Å². The number of hydrazine groups is 1. The molecule has 0 radical (unpaired) electrons. The van der Waals surface area contributed by atoms with Crippen molar-refractivity contribution in [3.63, 3.8) is 0 Å². The lowest BCUT2D eigenvalue weighted by atomic mass is 10.1. The number of hydrogen-bond donors (Lipinski definition) is 2. The number of aryl methyl sites for hydroxylation is 1. The van der Waals surface area contributed by atoms with Crippen LogP contribution in [-0.4, -0.2) is 11.8 Å². The molecule has 0 aliphatic heterocycles. The minimum Gasteiger partial charge on any atom is -0.271 e. The zero-order valence-electron chi connectivity index (χ0n) is 11.8. The van der Waals surface area contributed by atoms with Gasteiger partial charge in [0.2, 0.25) is 0 Å². The average molecular weight is 308 g/mol. The molecule has 3 N–H and O–H groups in total. The highest BCUT2D eigenvalue weighted by molar-refractivity contribution is 7.99. The normalized spacial score (nSPS) is 12.4. The number of benzene rings is 2. The van der Waals surface area contributed by atoms with Crippen LogP contribution in [0.4, 0.5) is 8.78 Å². The molecule has 112 valence electrons. The first kappa shape index (κ1) is 15.9. The molecule has 0 saturated heterocycles. The quantitative estimate of drug-likeness (QED) is 0.488. The molecule has 0 aliphatic rings. The molecule has 1 unspecified atom stereocenters. The molecule has 2 aromatic rings. The van der Waals surface area contributed by atoms with Gasteiger partial charge < -0.3 is 0 Å². The maximum absolute atomic E-state index is 13.7. The highest BCUT2D eigenvalue weighted by Gasteiger charge is 2.14. The van der Waals surface area contributed by atoms with Crippen molar-refractivity contribution in [2.24, 2.45) is 5.84 Å². The summed E-state index contributed by atoms with van der Waals surface area (Å²) in [7, 11) is 0. The van der Waals surface area contributed by atoms with Gasteiger partial charge in [0.1, 0.15) is 0 Å². The highest BCUT2D eigenvalue weighted by Crippen LogP contribution is 2.21. The van der Waals surface area contributed by atoms with Gasteiger partial charge in [-0.15, -0.1) is 11.8 Å². The zero-order valence-corrected chi connectivity index (χ0v) is 12.6. The molecule has 2 rings (SSSR count). The molecule has 5 heteroatoms. The summed E-state index contributed by atoms with van der Waals surface area (Å²) in [6.07, 6.45) is 0.346. The lowest BCUT2D eigenvalue weighted by Gasteiger charge is -2.16. The number of nitrogens with one attached hydrogen (secondary N) is 1. The van der Waals surface area contributed by atoms with Crippen LogP contribution in [0.1, 0.15) is 11.1 Å². The Kier molecular flexibility index (Phi) is 5.73. The summed E-state index contributed by atoms with van der Waals surface area (Å²) < 4.78 is 26.8. The van der Waals surface area contributed by atoms with Crippen molar-refractivity contribution in [1.82, 2.24) is 5.43 Å². The monoisotopic (exact) mass is 308 g/mol. The third kappa shape index (κ3) is 4.52. The van der Waals surface area contributed by atoms with Crippen LogP contribution in [0.5, 0.6) is 0 Å². The van der Waals surface area contributed by atoms with E-state index >= 15 is 0 Å². The van der Waals surface area contributed by atoms with Crippen LogP contribution in [-0.2, 0) is 6.42 Å². The molecule has 0 bridgehead atoms. The molecule has 0 amide bonds. The molecule has 0 fully saturated rings. The predicted octanol–water partition coefficient (Wildman–Crippen LogP) is 3.44. The highest BCUT2D eigenvalue weighted by atomic mass is 32.2. The first-order valence-electron chi connectivity index (χ1n) is 6.68. The van der Waals surface area contributed by atoms with Gasteiger partial charge in [0, 0.05) is 16.7 Å². The van der Waals surface area contributed by atoms with E-state index in [-0.39, 0.29) is 6.04 Å². The minimum atomic E-state index is -0.825. The Hall–Kier alpha value is -1.43. The average Bonchev–Trinajstić information content (AvgIpc) is 2.49. The molecule has 21 heavy (non-hydrogen) atoms. The second kappa shape index (κ2) is 7.54. The van der Waals surface area contributed by atoms with E-state index in [1.165, 1.54) is 11.6 Å². The van der Waals surface area contributed by atoms with Gasteiger partial charge in [-0.05, 0) is 37.1 Å². The smallest absolute Gasteiger partial charge is 0.162 e. The summed E-state index contributed by atoms with van der Waals surface area (Å²) in [5, 5.41) is 0. The molecule has 1 atom stereocenters. The topological polar surface area (TPSA) is 38.0 Å². The molecule has 0 heterocycles. The van der Waals surface area contributed by atoms with Gasteiger partial charge in [-0.1, -0.05) is 29.8 Å². The van der Waals surface area contributed by atoms with Gasteiger partial charge in [0.25, 0.3) is 0 Å². The van der Waals surface area contributed by atoms with Gasteiger partial charge in [-0.2, -0.15) is 0 Å². The van der Waals surface area contributed by atoms with Crippen molar-refractivity contribution in [2.75, 3.05) is 5.75 Å². The van der Waals surface area contributed by atoms with Crippen molar-refractivity contribution < 1.29 is 8.78 Å². The van der Waals surface area contributed by atoms with Crippen LogP contribution in [0, 0.1) is 18.6 Å². The van der Waals surface area contributed by atoms with E-state index in [9.17, 15) is 8.78 Å². The summed E-state index contributed by atoms with van der Waals surface area (Å²) in [5.74, 6) is 4.58. The molecular weight excluding hydrogens is 290 g/mol. The maximum Gasteiger partial charge on any atom is 0.162 e. The van der Waals surface area contributed by atoms with E-state index in [4.69, 9.17) is 5.84 Å². The van der Waals surface area contributed by atoms with Crippen molar-refractivity contribution >= 4 is 11.8 Å². The second-order valence-corrected chi connectivity index (χ2v) is 6.00. The third-order valence-corrected chi connectivity index (χ3v) is 4.38. The summed E-state index contributed by atoms with van der Waals surface area (Å²) in [5.41, 5.74) is 4.21. The molecular formula is C16H18F2N2S. The first-order chi connectivity index (χ1) is 10.1. The Morgan fingerprint density at radius 1 is 1.14 bits per heavy atom. The molecule has 0 aromatic heterocycles. The van der Waals surface area contributed by atoms with E-state index < -0.39 is 11.6 Å². The summed E-state index contributed by atoms with van der Waals surface area (Å²) >= 11 is 1.63. The van der Waals surface area contributed by atoms with Crippen LogP contribution in [0.2, 0.25) is 0 Å². The Morgan fingerprint density at radius 2 is 1.86 bits per heavy atom. The lowest BCUT2D eigenvalue weighted by molar-refractivity contribution is 0.486. The fourth-order valence-electron chi connectivity index (χ4n) is 1.97. The van der Waals surface area contributed by atoms with Crippen LogP contribution in [0.25, 0.3) is 0 Å². The largest absolute Gasteiger partial charge is 0.271 e. The lowest BCUT2D eigenvalue weighted by Crippen LogP contribution is -2.38. The fraction of sp³-hybridized carbons (Fsp3) is 0.250. The number of halogens is 2. The standard InChI is InChI=1S/C16H18F2N2S/c1-11-5-7-14(8-6-11)21-10-13(20-19)9-12-3-2-4-15(17)16(12)18/h2-8,13,20H,9-10,19H2,1H3. The first-order valence-corrected chi connectivity index (χ1v) is 7.67. The van der Waals surface area contributed by atoms with Crippen LogP contribution < -0.4 is 11.3 Å². The third-order valence-electron chi connectivity index (χ3n) is 3.21. The van der Waals surface area contributed by atoms with E-state index in [0.717, 1.165) is 11.0 Å². The Morgan fingerprint density at radius 3 is 2.52 bits per heavy atom. The summed E-state index contributed by atoms with van der Waals surface area (Å²) in [6, 6.07) is 12.2. The van der Waals surface area contributed by atoms with Crippen molar-refractivity contribution in [3.8, 4) is 0 Å². The van der Waals surface area contributed by atoms with Gasteiger partial charge in [0.15, 0.2) is 11.6 Å². The second-order valence-electron chi connectivity index (χ2n) is 4.90. The van der Waals surface area contributed by atoms with Gasteiger partial charge in [-0.3, -0.25) is 11.3 Å². The summed E-state index contributed by atoms with van der Waals surface area (Å²) in [4.78, 5) is 1.13. The number of thioether (sulfide) groups is 1. The molecule has 0 saturated carbocycles. The van der Waals surface area contributed by atoms with Crippen LogP contribution in [0.3, 0.4) is 0 Å². The molecule has 0 spiro atoms. The Bertz CT molecular complexity index is 587. The van der Waals surface area contributed by atoms with E-state index in [1.54, 1.807) is 17.8 Å². The van der Waals surface area contributed by atoms with Gasteiger partial charge >= 0.3 is 0 Å². The zero-order chi connectivity index (χ0) is 15.2. The summed E-state index contributed by atoms with van der Waals surface area (Å²) in [6.45, 7) is 2.03. The maximum atomic E-state index is 13.7. The molecule has 2 nitrogen and oxygen atoms in total.